The van der Waals surface area contributed by atoms with E-state index in [9.17, 15) is 13.2 Å². The zero-order valence-electron chi connectivity index (χ0n) is 12.8. The lowest BCUT2D eigenvalue weighted by Gasteiger charge is -2.23. The summed E-state index contributed by atoms with van der Waals surface area (Å²) in [6, 6.07) is 9.54. The summed E-state index contributed by atoms with van der Waals surface area (Å²) in [5, 5.41) is 3.00. The Bertz CT molecular complexity index is 922. The highest BCUT2D eigenvalue weighted by Gasteiger charge is 2.24. The lowest BCUT2D eigenvalue weighted by atomic mass is 10.3. The highest BCUT2D eigenvalue weighted by Crippen LogP contribution is 2.35. The van der Waals surface area contributed by atoms with E-state index in [1.165, 1.54) is 12.1 Å². The fourth-order valence-corrected chi connectivity index (χ4v) is 3.93. The number of carbonyl (C=O) groups excluding carboxylic acids is 1. The first-order chi connectivity index (χ1) is 11.6. The van der Waals surface area contributed by atoms with Crippen LogP contribution in [0.25, 0.3) is 0 Å². The third kappa shape index (κ3) is 5.49. The minimum Gasteiger partial charge on any atom is -0.324 e. The third-order valence-corrected chi connectivity index (χ3v) is 5.70. The number of benzene rings is 2. The molecule has 0 aliphatic carbocycles. The highest BCUT2D eigenvalue weighted by molar-refractivity contribution is 9.10. The van der Waals surface area contributed by atoms with Gasteiger partial charge in [-0.15, -0.1) is 0 Å². The highest BCUT2D eigenvalue weighted by atomic mass is 79.9. The Hall–Kier alpha value is -0.990. The minimum atomic E-state index is -3.79. The van der Waals surface area contributed by atoms with Gasteiger partial charge < -0.3 is 5.32 Å². The van der Waals surface area contributed by atoms with Crippen LogP contribution in [0.5, 0.6) is 0 Å². The second-order valence-electron chi connectivity index (χ2n) is 5.05. The lowest BCUT2D eigenvalue weighted by Crippen LogP contribution is -2.37. The molecule has 5 nitrogen and oxygen atoms in total. The molecule has 2 aromatic carbocycles. The van der Waals surface area contributed by atoms with Gasteiger partial charge in [0.1, 0.15) is 6.54 Å². The molecule has 0 saturated heterocycles. The van der Waals surface area contributed by atoms with Crippen LogP contribution in [0.3, 0.4) is 0 Å². The van der Waals surface area contributed by atoms with Crippen LogP contribution in [-0.4, -0.2) is 27.1 Å². The molecule has 0 aliphatic rings. The van der Waals surface area contributed by atoms with E-state index < -0.39 is 22.5 Å². The van der Waals surface area contributed by atoms with Crippen molar-refractivity contribution in [3.63, 3.8) is 0 Å². The molecule has 2 rings (SSSR count). The van der Waals surface area contributed by atoms with Crippen LogP contribution in [0.4, 0.5) is 11.4 Å². The molecule has 0 bridgehead atoms. The number of amides is 1. The van der Waals surface area contributed by atoms with Crippen LogP contribution in [0.2, 0.25) is 15.1 Å². The van der Waals surface area contributed by atoms with Crippen molar-refractivity contribution in [2.45, 2.75) is 0 Å². The topological polar surface area (TPSA) is 66.5 Å². The van der Waals surface area contributed by atoms with Gasteiger partial charge in [-0.2, -0.15) is 0 Å². The molecule has 0 unspecified atom stereocenters. The van der Waals surface area contributed by atoms with E-state index in [0.29, 0.717) is 5.69 Å². The van der Waals surface area contributed by atoms with Crippen LogP contribution >= 0.6 is 50.7 Å². The molecule has 0 saturated carbocycles. The van der Waals surface area contributed by atoms with Crippen molar-refractivity contribution in [2.75, 3.05) is 22.4 Å². The molecule has 2 aromatic rings. The van der Waals surface area contributed by atoms with Gasteiger partial charge in [-0.1, -0.05) is 56.8 Å². The number of halogens is 4. The summed E-state index contributed by atoms with van der Waals surface area (Å²) >= 11 is 21.2. The van der Waals surface area contributed by atoms with Crippen LogP contribution < -0.4 is 9.62 Å². The molecule has 0 heterocycles. The zero-order valence-corrected chi connectivity index (χ0v) is 17.4. The molecule has 0 fully saturated rings. The second-order valence-corrected chi connectivity index (χ2v) is 9.09. The van der Waals surface area contributed by atoms with Crippen molar-refractivity contribution < 1.29 is 13.2 Å². The third-order valence-electron chi connectivity index (χ3n) is 3.05. The van der Waals surface area contributed by atoms with E-state index >= 15 is 0 Å². The maximum absolute atomic E-state index is 12.3. The van der Waals surface area contributed by atoms with Gasteiger partial charge in [-0.3, -0.25) is 9.10 Å². The molecule has 0 atom stereocenters. The smallest absolute Gasteiger partial charge is 0.245 e. The van der Waals surface area contributed by atoms with E-state index in [0.717, 1.165) is 15.0 Å². The van der Waals surface area contributed by atoms with Crippen LogP contribution in [-0.2, 0) is 14.8 Å². The van der Waals surface area contributed by atoms with E-state index in [4.69, 9.17) is 34.8 Å². The van der Waals surface area contributed by atoms with Crippen LogP contribution in [0.1, 0.15) is 0 Å². The molecular weight excluding hydrogens is 475 g/mol. The number of anilines is 2. The molecule has 0 aromatic heterocycles. The molecule has 25 heavy (non-hydrogen) atoms. The normalized spacial score (nSPS) is 11.2. The summed E-state index contributed by atoms with van der Waals surface area (Å²) in [7, 11) is -3.79. The van der Waals surface area contributed by atoms with Crippen molar-refractivity contribution in [2.24, 2.45) is 0 Å². The summed E-state index contributed by atoms with van der Waals surface area (Å²) in [6.07, 6.45) is 0.970. The lowest BCUT2D eigenvalue weighted by molar-refractivity contribution is -0.114. The van der Waals surface area contributed by atoms with Crippen molar-refractivity contribution in [3.05, 3.63) is 55.9 Å². The summed E-state index contributed by atoms with van der Waals surface area (Å²) in [5.74, 6) is -0.536. The van der Waals surface area contributed by atoms with Gasteiger partial charge in [0.15, 0.2) is 0 Å². The summed E-state index contributed by atoms with van der Waals surface area (Å²) < 4.78 is 25.9. The first kappa shape index (κ1) is 20.3. The number of carbonyl (C=O) groups is 1. The molecule has 10 heteroatoms. The molecule has 134 valence electrons. The molecule has 0 radical (unpaired) electrons. The van der Waals surface area contributed by atoms with Gasteiger partial charge in [0.25, 0.3) is 0 Å². The second kappa shape index (κ2) is 8.14. The zero-order chi connectivity index (χ0) is 18.8. The number of nitrogens with zero attached hydrogens (tertiary/aromatic N) is 1. The minimum absolute atomic E-state index is 0.0649. The maximum Gasteiger partial charge on any atom is 0.245 e. The van der Waals surface area contributed by atoms with E-state index in [1.54, 1.807) is 24.3 Å². The van der Waals surface area contributed by atoms with Gasteiger partial charge in [0.2, 0.25) is 15.9 Å². The number of sulfonamides is 1. The summed E-state index contributed by atoms with van der Waals surface area (Å²) in [4.78, 5) is 12.3. The Morgan fingerprint density at radius 1 is 1.12 bits per heavy atom. The molecule has 0 spiro atoms. The Kier molecular flexibility index (Phi) is 6.62. The molecular formula is C15H12BrCl3N2O3S. The predicted octanol–water partition coefficient (Wildman–Crippen LogP) is 4.81. The van der Waals surface area contributed by atoms with Gasteiger partial charge in [0.05, 0.1) is 27.0 Å². The Balaban J connectivity index is 2.30. The maximum atomic E-state index is 12.3. The van der Waals surface area contributed by atoms with E-state index in [2.05, 4.69) is 21.2 Å². The van der Waals surface area contributed by atoms with Crippen molar-refractivity contribution in [3.8, 4) is 0 Å². The largest absolute Gasteiger partial charge is 0.324 e. The fourth-order valence-electron chi connectivity index (χ4n) is 1.98. The average Bonchev–Trinajstić information content (AvgIpc) is 2.48. The van der Waals surface area contributed by atoms with Crippen molar-refractivity contribution in [1.29, 1.82) is 0 Å². The Morgan fingerprint density at radius 2 is 1.76 bits per heavy atom. The molecule has 1 amide bonds. The van der Waals surface area contributed by atoms with Crippen molar-refractivity contribution >= 4 is 78.0 Å². The summed E-state index contributed by atoms with van der Waals surface area (Å²) in [5.41, 5.74) is 0.594. The van der Waals surface area contributed by atoms with Gasteiger partial charge in [-0.05, 0) is 30.3 Å². The number of hydrogen-bond donors (Lipinski definition) is 1. The molecule has 1 N–H and O–H groups in total. The Morgan fingerprint density at radius 3 is 2.36 bits per heavy atom. The number of rotatable bonds is 5. The Labute approximate surface area is 169 Å². The predicted molar refractivity (Wildman–Crippen MR) is 106 cm³/mol. The van der Waals surface area contributed by atoms with Crippen LogP contribution in [0, 0.1) is 0 Å². The first-order valence-corrected chi connectivity index (χ1v) is 10.5. The van der Waals surface area contributed by atoms with Crippen LogP contribution in [0.15, 0.2) is 40.9 Å². The number of hydrogen-bond acceptors (Lipinski definition) is 3. The quantitative estimate of drug-likeness (QED) is 0.617. The summed E-state index contributed by atoms with van der Waals surface area (Å²) in [6.45, 7) is -0.469. The average molecular weight is 487 g/mol. The standard InChI is InChI=1S/C15H12BrCl3N2O3S/c1-25(23,24)21(14-7-12(18)11(17)6-13(14)19)8-15(22)20-10-4-2-3-9(16)5-10/h2-7H,8H2,1H3,(H,20,22). The van der Waals surface area contributed by atoms with E-state index in [1.807, 2.05) is 0 Å². The molecule has 0 aliphatic heterocycles. The van der Waals surface area contributed by atoms with Gasteiger partial charge >= 0.3 is 0 Å². The SMILES string of the molecule is CS(=O)(=O)N(CC(=O)Nc1cccc(Br)c1)c1cc(Cl)c(Cl)cc1Cl. The first-order valence-electron chi connectivity index (χ1n) is 6.75. The van der Waals surface area contributed by atoms with Gasteiger partial charge in [-0.25, -0.2) is 8.42 Å². The number of nitrogens with one attached hydrogen (secondary N) is 1. The van der Waals surface area contributed by atoms with Gasteiger partial charge in [0, 0.05) is 10.2 Å². The van der Waals surface area contributed by atoms with E-state index in [-0.39, 0.29) is 20.8 Å². The monoisotopic (exact) mass is 484 g/mol. The fraction of sp³-hybridized carbons (Fsp3) is 0.133. The van der Waals surface area contributed by atoms with Crippen molar-refractivity contribution in [1.82, 2.24) is 0 Å².